The number of carboxylic acids is 1. The minimum absolute atomic E-state index is 0.0844. The number of carbonyl (C=O) groups is 3. The van der Waals surface area contributed by atoms with E-state index < -0.39 is 5.97 Å². The second-order valence-corrected chi connectivity index (χ2v) is 6.69. The minimum atomic E-state index is -0.931. The molecule has 0 saturated carbocycles. The smallest absolute Gasteiger partial charge is 0.305 e. The summed E-state index contributed by atoms with van der Waals surface area (Å²) in [7, 11) is 1.56. The lowest BCUT2D eigenvalue weighted by Gasteiger charge is -2.23. The Balaban J connectivity index is 1.77. The Kier molecular flexibility index (Phi) is 7.41. The standard InChI is InChI=1S/C18H23ClN2O5/c1-26-15-9-14(10-17(23)24)21(11-15)16(22)3-2-8-20-18(25)12-4-6-13(19)7-5-12/h4-7,14-15H,2-3,8-11H2,1H3,(H,20,25)(H,23,24). The highest BCUT2D eigenvalue weighted by Crippen LogP contribution is 2.23. The summed E-state index contributed by atoms with van der Waals surface area (Å²) in [5.74, 6) is -1.27. The van der Waals surface area contributed by atoms with E-state index >= 15 is 0 Å². The van der Waals surface area contributed by atoms with Crippen LogP contribution in [-0.4, -0.2) is 60.1 Å². The van der Waals surface area contributed by atoms with Gasteiger partial charge in [-0.25, -0.2) is 0 Å². The number of benzene rings is 1. The summed E-state index contributed by atoms with van der Waals surface area (Å²) in [5, 5.41) is 12.3. The molecule has 1 fully saturated rings. The third-order valence-corrected chi connectivity index (χ3v) is 4.65. The summed E-state index contributed by atoms with van der Waals surface area (Å²) in [5.41, 5.74) is 0.504. The molecule has 2 atom stereocenters. The van der Waals surface area contributed by atoms with Crippen LogP contribution in [0.1, 0.15) is 36.0 Å². The van der Waals surface area contributed by atoms with Gasteiger partial charge in [0.25, 0.3) is 5.91 Å². The molecule has 26 heavy (non-hydrogen) atoms. The number of methoxy groups -OCH3 is 1. The number of hydrogen-bond acceptors (Lipinski definition) is 4. The maximum absolute atomic E-state index is 12.4. The molecule has 1 heterocycles. The van der Waals surface area contributed by atoms with Gasteiger partial charge in [-0.05, 0) is 37.1 Å². The molecule has 0 bridgehead atoms. The number of likely N-dealkylation sites (tertiary alicyclic amines) is 1. The number of nitrogens with zero attached hydrogens (tertiary/aromatic N) is 1. The van der Waals surface area contributed by atoms with Crippen LogP contribution < -0.4 is 5.32 Å². The van der Waals surface area contributed by atoms with Gasteiger partial charge in [0.15, 0.2) is 0 Å². The van der Waals surface area contributed by atoms with Crippen molar-refractivity contribution in [2.45, 2.75) is 37.8 Å². The van der Waals surface area contributed by atoms with Crippen molar-refractivity contribution in [2.24, 2.45) is 0 Å². The fraction of sp³-hybridized carbons (Fsp3) is 0.500. The number of aliphatic carboxylic acids is 1. The molecule has 1 saturated heterocycles. The molecule has 0 aromatic heterocycles. The van der Waals surface area contributed by atoms with Crippen LogP contribution in [0, 0.1) is 0 Å². The molecule has 0 aliphatic carbocycles. The SMILES string of the molecule is COC1CC(CC(=O)O)N(C(=O)CCCNC(=O)c2ccc(Cl)cc2)C1. The van der Waals surface area contributed by atoms with Crippen molar-refractivity contribution in [1.82, 2.24) is 10.2 Å². The van der Waals surface area contributed by atoms with Crippen molar-refractivity contribution in [3.05, 3.63) is 34.9 Å². The normalized spacial score (nSPS) is 19.4. The van der Waals surface area contributed by atoms with Crippen molar-refractivity contribution in [1.29, 1.82) is 0 Å². The molecule has 1 aliphatic rings. The molecular formula is C18H23ClN2O5. The van der Waals surface area contributed by atoms with Crippen LogP contribution in [0.15, 0.2) is 24.3 Å². The molecule has 142 valence electrons. The van der Waals surface area contributed by atoms with Crippen LogP contribution in [0.5, 0.6) is 0 Å². The second kappa shape index (κ2) is 9.54. The molecule has 2 rings (SSSR count). The largest absolute Gasteiger partial charge is 0.481 e. The highest BCUT2D eigenvalue weighted by molar-refractivity contribution is 6.30. The first kappa shape index (κ1) is 20.2. The number of amides is 2. The number of ether oxygens (including phenoxy) is 1. The Morgan fingerprint density at radius 3 is 2.62 bits per heavy atom. The summed E-state index contributed by atoms with van der Waals surface area (Å²) in [4.78, 5) is 36.9. The van der Waals surface area contributed by atoms with Gasteiger partial charge in [0.1, 0.15) is 0 Å². The molecule has 1 aromatic rings. The third kappa shape index (κ3) is 5.71. The van der Waals surface area contributed by atoms with Crippen LogP contribution in [0.4, 0.5) is 0 Å². The van der Waals surface area contributed by atoms with E-state index in [0.29, 0.717) is 36.5 Å². The van der Waals surface area contributed by atoms with Gasteiger partial charge in [-0.15, -0.1) is 0 Å². The average Bonchev–Trinajstić information content (AvgIpc) is 3.01. The first-order chi connectivity index (χ1) is 12.4. The highest BCUT2D eigenvalue weighted by Gasteiger charge is 2.36. The molecule has 1 aromatic carbocycles. The Hall–Kier alpha value is -2.12. The van der Waals surface area contributed by atoms with Gasteiger partial charge in [0, 0.05) is 43.2 Å². The van der Waals surface area contributed by atoms with E-state index in [9.17, 15) is 14.4 Å². The van der Waals surface area contributed by atoms with E-state index in [-0.39, 0.29) is 36.8 Å². The first-order valence-corrected chi connectivity index (χ1v) is 8.86. The zero-order chi connectivity index (χ0) is 19.1. The van der Waals surface area contributed by atoms with Gasteiger partial charge in [-0.1, -0.05) is 11.6 Å². The van der Waals surface area contributed by atoms with Crippen LogP contribution in [0.25, 0.3) is 0 Å². The molecule has 7 nitrogen and oxygen atoms in total. The molecule has 2 unspecified atom stereocenters. The maximum Gasteiger partial charge on any atom is 0.305 e. The van der Waals surface area contributed by atoms with E-state index in [2.05, 4.69) is 5.32 Å². The number of halogens is 1. The predicted molar refractivity (Wildman–Crippen MR) is 96.2 cm³/mol. The fourth-order valence-electron chi connectivity index (χ4n) is 3.03. The number of nitrogens with one attached hydrogen (secondary N) is 1. The lowest BCUT2D eigenvalue weighted by molar-refractivity contribution is -0.139. The van der Waals surface area contributed by atoms with E-state index in [4.69, 9.17) is 21.4 Å². The minimum Gasteiger partial charge on any atom is -0.481 e. The quantitative estimate of drug-likeness (QED) is 0.670. The molecule has 1 aliphatic heterocycles. The van der Waals surface area contributed by atoms with E-state index in [1.165, 1.54) is 0 Å². The summed E-state index contributed by atoms with van der Waals surface area (Å²) in [6.07, 6.45) is 1.04. The van der Waals surface area contributed by atoms with Gasteiger partial charge in [0.2, 0.25) is 5.91 Å². The maximum atomic E-state index is 12.4. The Bertz CT molecular complexity index is 649. The first-order valence-electron chi connectivity index (χ1n) is 8.48. The number of carbonyl (C=O) groups excluding carboxylic acids is 2. The molecule has 8 heteroatoms. The monoisotopic (exact) mass is 382 g/mol. The number of rotatable bonds is 8. The van der Waals surface area contributed by atoms with Gasteiger partial charge < -0.3 is 20.1 Å². The van der Waals surface area contributed by atoms with Crippen molar-refractivity contribution in [3.63, 3.8) is 0 Å². The van der Waals surface area contributed by atoms with Gasteiger partial charge in [0.05, 0.1) is 12.5 Å². The third-order valence-electron chi connectivity index (χ3n) is 4.40. The fourth-order valence-corrected chi connectivity index (χ4v) is 3.16. The van der Waals surface area contributed by atoms with Crippen molar-refractivity contribution in [3.8, 4) is 0 Å². The van der Waals surface area contributed by atoms with Crippen LogP contribution in [-0.2, 0) is 14.3 Å². The lowest BCUT2D eigenvalue weighted by atomic mass is 10.1. The van der Waals surface area contributed by atoms with Crippen molar-refractivity contribution in [2.75, 3.05) is 20.2 Å². The molecule has 0 radical (unpaired) electrons. The summed E-state index contributed by atoms with van der Waals surface area (Å²) < 4.78 is 5.26. The van der Waals surface area contributed by atoms with Crippen LogP contribution >= 0.6 is 11.6 Å². The van der Waals surface area contributed by atoms with E-state index in [1.54, 1.807) is 36.3 Å². The molecule has 2 N–H and O–H groups in total. The van der Waals surface area contributed by atoms with Crippen molar-refractivity contribution < 1.29 is 24.2 Å². The second-order valence-electron chi connectivity index (χ2n) is 6.26. The highest BCUT2D eigenvalue weighted by atomic mass is 35.5. The Morgan fingerprint density at radius 1 is 1.31 bits per heavy atom. The van der Waals surface area contributed by atoms with Gasteiger partial charge in [-0.3, -0.25) is 14.4 Å². The van der Waals surface area contributed by atoms with E-state index in [0.717, 1.165) is 0 Å². The van der Waals surface area contributed by atoms with Gasteiger partial charge in [-0.2, -0.15) is 0 Å². The van der Waals surface area contributed by atoms with Crippen LogP contribution in [0.3, 0.4) is 0 Å². The molecule has 0 spiro atoms. The van der Waals surface area contributed by atoms with Gasteiger partial charge >= 0.3 is 5.97 Å². The summed E-state index contributed by atoms with van der Waals surface area (Å²) >= 11 is 5.78. The topological polar surface area (TPSA) is 95.9 Å². The Labute approximate surface area is 157 Å². The molecular weight excluding hydrogens is 360 g/mol. The van der Waals surface area contributed by atoms with E-state index in [1.807, 2.05) is 0 Å². The molecule has 2 amide bonds. The van der Waals surface area contributed by atoms with Crippen molar-refractivity contribution >= 4 is 29.4 Å². The summed E-state index contributed by atoms with van der Waals surface area (Å²) in [6, 6.07) is 6.21. The summed E-state index contributed by atoms with van der Waals surface area (Å²) in [6.45, 7) is 0.767. The predicted octanol–water partition coefficient (Wildman–Crippen LogP) is 1.94. The zero-order valence-corrected chi connectivity index (χ0v) is 15.4. The lowest BCUT2D eigenvalue weighted by Crippen LogP contribution is -2.37. The zero-order valence-electron chi connectivity index (χ0n) is 14.6. The number of carboxylic acid groups (broad SMARTS) is 1. The Morgan fingerprint density at radius 2 is 2.00 bits per heavy atom. The average molecular weight is 383 g/mol. The van der Waals surface area contributed by atoms with Crippen LogP contribution in [0.2, 0.25) is 5.02 Å². The number of hydrogen-bond donors (Lipinski definition) is 2.